The number of benzene rings is 2. The molecule has 6 nitrogen and oxygen atoms in total. The van der Waals surface area contributed by atoms with Gasteiger partial charge in [-0.2, -0.15) is 5.26 Å². The number of ketones is 1. The molecule has 0 spiro atoms. The summed E-state index contributed by atoms with van der Waals surface area (Å²) in [4.78, 5) is 27.8. The number of nitrogens with zero attached hydrogens (tertiary/aromatic N) is 2. The van der Waals surface area contributed by atoms with Crippen LogP contribution < -0.4 is 10.6 Å². The molecule has 0 saturated carbocycles. The molecule has 2 aromatic carbocycles. The van der Waals surface area contributed by atoms with Gasteiger partial charge in [-0.15, -0.1) is 0 Å². The molecule has 6 heteroatoms. The van der Waals surface area contributed by atoms with E-state index in [0.29, 0.717) is 22.5 Å². The molecule has 27 heavy (non-hydrogen) atoms. The first-order valence-corrected chi connectivity index (χ1v) is 8.21. The van der Waals surface area contributed by atoms with Gasteiger partial charge in [0, 0.05) is 28.8 Å². The topological polar surface area (TPSA) is 94.9 Å². The lowest BCUT2D eigenvalue weighted by atomic mass is 10.1. The molecule has 0 aliphatic rings. The van der Waals surface area contributed by atoms with Crippen LogP contribution in [-0.2, 0) is 0 Å². The molecule has 0 atom stereocenters. The van der Waals surface area contributed by atoms with Crippen LogP contribution in [0.25, 0.3) is 0 Å². The van der Waals surface area contributed by atoms with Crippen molar-refractivity contribution in [2.24, 2.45) is 0 Å². The van der Waals surface area contributed by atoms with Crippen molar-refractivity contribution in [3.05, 3.63) is 83.7 Å². The van der Waals surface area contributed by atoms with Crippen molar-refractivity contribution in [2.45, 2.75) is 6.92 Å². The summed E-state index contributed by atoms with van der Waals surface area (Å²) in [6.07, 6.45) is 1.53. The summed E-state index contributed by atoms with van der Waals surface area (Å²) in [6.45, 7) is 1.49. The molecule has 1 amide bonds. The van der Waals surface area contributed by atoms with Crippen LogP contribution in [0.3, 0.4) is 0 Å². The Balaban J connectivity index is 1.73. The third-order valence-electron chi connectivity index (χ3n) is 3.82. The minimum atomic E-state index is -0.361. The zero-order chi connectivity index (χ0) is 19.2. The summed E-state index contributed by atoms with van der Waals surface area (Å²) in [5.74, 6) is -0.395. The average molecular weight is 356 g/mol. The van der Waals surface area contributed by atoms with Crippen LogP contribution >= 0.6 is 0 Å². The van der Waals surface area contributed by atoms with E-state index in [0.717, 1.165) is 5.69 Å². The normalized spacial score (nSPS) is 9.93. The van der Waals surface area contributed by atoms with Gasteiger partial charge in [0.1, 0.15) is 5.69 Å². The van der Waals surface area contributed by atoms with E-state index < -0.39 is 0 Å². The van der Waals surface area contributed by atoms with E-state index in [9.17, 15) is 9.59 Å². The lowest BCUT2D eigenvalue weighted by Gasteiger charge is -2.09. The van der Waals surface area contributed by atoms with Gasteiger partial charge in [0.15, 0.2) is 5.78 Å². The van der Waals surface area contributed by atoms with E-state index in [1.165, 1.54) is 13.1 Å². The number of aromatic nitrogens is 1. The van der Waals surface area contributed by atoms with Crippen molar-refractivity contribution in [3.63, 3.8) is 0 Å². The second-order valence-corrected chi connectivity index (χ2v) is 5.84. The number of pyridine rings is 1. The number of hydrogen-bond acceptors (Lipinski definition) is 5. The van der Waals surface area contributed by atoms with Gasteiger partial charge in [0.05, 0.1) is 11.6 Å². The zero-order valence-electron chi connectivity index (χ0n) is 14.6. The number of amides is 1. The van der Waals surface area contributed by atoms with E-state index >= 15 is 0 Å². The number of carbonyl (C=O) groups excluding carboxylic acids is 2. The second-order valence-electron chi connectivity index (χ2n) is 5.84. The summed E-state index contributed by atoms with van der Waals surface area (Å²) in [5, 5.41) is 14.9. The predicted octanol–water partition coefficient (Wildman–Crippen LogP) is 4.15. The van der Waals surface area contributed by atoms with Gasteiger partial charge in [-0.1, -0.05) is 6.07 Å². The summed E-state index contributed by atoms with van der Waals surface area (Å²) in [6, 6.07) is 19.1. The van der Waals surface area contributed by atoms with Crippen LogP contribution in [0.15, 0.2) is 66.9 Å². The van der Waals surface area contributed by atoms with Crippen molar-refractivity contribution in [1.82, 2.24) is 4.98 Å². The molecule has 0 bridgehead atoms. The van der Waals surface area contributed by atoms with Crippen molar-refractivity contribution in [3.8, 4) is 6.07 Å². The fourth-order valence-corrected chi connectivity index (χ4v) is 2.45. The van der Waals surface area contributed by atoms with Crippen molar-refractivity contribution >= 4 is 28.8 Å². The van der Waals surface area contributed by atoms with Gasteiger partial charge in [-0.25, -0.2) is 0 Å². The Labute approximate surface area is 156 Å². The maximum absolute atomic E-state index is 12.4. The number of nitrogens with one attached hydrogen (secondary N) is 2. The number of nitriles is 1. The smallest absolute Gasteiger partial charge is 0.274 e. The molecule has 0 unspecified atom stereocenters. The molecule has 132 valence electrons. The molecule has 3 rings (SSSR count). The van der Waals surface area contributed by atoms with Gasteiger partial charge in [0.25, 0.3) is 5.91 Å². The van der Waals surface area contributed by atoms with E-state index in [1.54, 1.807) is 54.6 Å². The highest BCUT2D eigenvalue weighted by Crippen LogP contribution is 2.18. The molecular formula is C21H16N4O2. The van der Waals surface area contributed by atoms with Gasteiger partial charge in [-0.05, 0) is 61.5 Å². The minimum absolute atomic E-state index is 0.0335. The molecule has 0 saturated heterocycles. The van der Waals surface area contributed by atoms with E-state index in [2.05, 4.69) is 21.7 Å². The molecule has 0 aliphatic heterocycles. The van der Waals surface area contributed by atoms with Crippen LogP contribution in [0.2, 0.25) is 0 Å². The summed E-state index contributed by atoms with van der Waals surface area (Å²) < 4.78 is 0. The van der Waals surface area contributed by atoms with Crippen LogP contribution in [-0.4, -0.2) is 16.7 Å². The van der Waals surface area contributed by atoms with Gasteiger partial charge < -0.3 is 10.6 Å². The Morgan fingerprint density at radius 2 is 1.70 bits per heavy atom. The molecular weight excluding hydrogens is 340 g/mol. The monoisotopic (exact) mass is 356 g/mol. The number of hydrogen-bond donors (Lipinski definition) is 2. The van der Waals surface area contributed by atoms with Gasteiger partial charge >= 0.3 is 0 Å². The first-order valence-electron chi connectivity index (χ1n) is 8.21. The SMILES string of the molecule is CC(=O)c1ccc(NC(=O)c2cc(Nc3cccc(C#N)c3)ccn2)cc1. The minimum Gasteiger partial charge on any atom is -0.355 e. The van der Waals surface area contributed by atoms with E-state index in [-0.39, 0.29) is 17.4 Å². The molecule has 0 radical (unpaired) electrons. The van der Waals surface area contributed by atoms with Crippen LogP contribution in [0.5, 0.6) is 0 Å². The van der Waals surface area contributed by atoms with Crippen molar-refractivity contribution in [2.75, 3.05) is 10.6 Å². The van der Waals surface area contributed by atoms with Crippen molar-refractivity contribution < 1.29 is 9.59 Å². The number of Topliss-reactive ketones (excluding diaryl/α,β-unsaturated/α-hetero) is 1. The highest BCUT2D eigenvalue weighted by atomic mass is 16.2. The average Bonchev–Trinajstić information content (AvgIpc) is 2.68. The number of anilines is 3. The lowest BCUT2D eigenvalue weighted by Crippen LogP contribution is -2.14. The molecule has 0 aliphatic carbocycles. The van der Waals surface area contributed by atoms with Crippen molar-refractivity contribution in [1.29, 1.82) is 5.26 Å². The largest absolute Gasteiger partial charge is 0.355 e. The highest BCUT2D eigenvalue weighted by Gasteiger charge is 2.09. The maximum Gasteiger partial charge on any atom is 0.274 e. The fraction of sp³-hybridized carbons (Fsp3) is 0.0476. The highest BCUT2D eigenvalue weighted by molar-refractivity contribution is 6.03. The fourth-order valence-electron chi connectivity index (χ4n) is 2.45. The first-order chi connectivity index (χ1) is 13.0. The lowest BCUT2D eigenvalue weighted by molar-refractivity contribution is 0.101. The Morgan fingerprint density at radius 3 is 2.41 bits per heavy atom. The zero-order valence-corrected chi connectivity index (χ0v) is 14.6. The van der Waals surface area contributed by atoms with Gasteiger partial charge in [0.2, 0.25) is 0 Å². The Hall–Kier alpha value is -3.98. The summed E-state index contributed by atoms with van der Waals surface area (Å²) >= 11 is 0. The Morgan fingerprint density at radius 1 is 0.963 bits per heavy atom. The van der Waals surface area contributed by atoms with E-state index in [1.807, 2.05) is 6.07 Å². The summed E-state index contributed by atoms with van der Waals surface area (Å²) in [7, 11) is 0. The molecule has 0 fully saturated rings. The quantitative estimate of drug-likeness (QED) is 0.670. The molecule has 1 aromatic heterocycles. The number of carbonyl (C=O) groups is 2. The van der Waals surface area contributed by atoms with E-state index in [4.69, 9.17) is 5.26 Å². The number of rotatable bonds is 5. The summed E-state index contributed by atoms with van der Waals surface area (Å²) in [5.41, 5.74) is 3.36. The van der Waals surface area contributed by atoms with Crippen LogP contribution in [0, 0.1) is 11.3 Å². The Kier molecular flexibility index (Phi) is 5.24. The second kappa shape index (κ2) is 7.93. The molecule has 3 aromatic rings. The molecule has 2 N–H and O–H groups in total. The maximum atomic E-state index is 12.4. The van der Waals surface area contributed by atoms with Gasteiger partial charge in [-0.3, -0.25) is 14.6 Å². The molecule has 1 heterocycles. The third-order valence-corrected chi connectivity index (χ3v) is 3.82. The predicted molar refractivity (Wildman–Crippen MR) is 103 cm³/mol. The Bertz CT molecular complexity index is 1040. The third kappa shape index (κ3) is 4.55. The van der Waals surface area contributed by atoms with Crippen LogP contribution in [0.1, 0.15) is 33.3 Å². The van der Waals surface area contributed by atoms with Crippen LogP contribution in [0.4, 0.5) is 17.1 Å². The first kappa shape index (κ1) is 17.8. The standard InChI is InChI=1S/C21H16N4O2/c1-14(26)16-5-7-17(8-6-16)25-21(27)20-12-19(9-10-23-20)24-18-4-2-3-15(11-18)13-22/h2-12H,1H3,(H,23,24)(H,25,27).